The summed E-state index contributed by atoms with van der Waals surface area (Å²) in [5.74, 6) is 1.72. The Morgan fingerprint density at radius 3 is 2.62 bits per heavy atom. The summed E-state index contributed by atoms with van der Waals surface area (Å²) in [5.41, 5.74) is 4.22. The van der Waals surface area contributed by atoms with Gasteiger partial charge >= 0.3 is 0 Å². The van der Waals surface area contributed by atoms with Gasteiger partial charge in [-0.25, -0.2) is 4.39 Å². The summed E-state index contributed by atoms with van der Waals surface area (Å²) in [4.78, 5) is 2.59. The molecule has 0 amide bonds. The van der Waals surface area contributed by atoms with E-state index in [1.165, 1.54) is 61.8 Å². The van der Waals surface area contributed by atoms with E-state index in [9.17, 15) is 4.39 Å². The van der Waals surface area contributed by atoms with E-state index in [0.29, 0.717) is 11.8 Å². The molecular formula is C26H34FNO. The van der Waals surface area contributed by atoms with Crippen LogP contribution in [0.4, 0.5) is 4.39 Å². The molecule has 1 heterocycles. The van der Waals surface area contributed by atoms with Crippen LogP contribution in [0.5, 0.6) is 5.75 Å². The second kappa shape index (κ2) is 9.75. The zero-order valence-electron chi connectivity index (χ0n) is 17.7. The quantitative estimate of drug-likeness (QED) is 0.571. The number of unbranched alkanes of at least 4 members (excludes halogenated alkanes) is 1. The summed E-state index contributed by atoms with van der Waals surface area (Å²) in [5, 5.41) is 0. The molecule has 1 fully saturated rings. The van der Waals surface area contributed by atoms with Gasteiger partial charge in [0, 0.05) is 12.5 Å². The Hall–Kier alpha value is -1.87. The Morgan fingerprint density at radius 2 is 1.83 bits per heavy atom. The summed E-state index contributed by atoms with van der Waals surface area (Å²) >= 11 is 0. The lowest BCUT2D eigenvalue weighted by Crippen LogP contribution is -2.42. The molecule has 29 heavy (non-hydrogen) atoms. The van der Waals surface area contributed by atoms with Gasteiger partial charge in [-0.05, 0) is 98.5 Å². The van der Waals surface area contributed by atoms with Crippen LogP contribution in [0.1, 0.15) is 61.6 Å². The molecule has 0 saturated carbocycles. The van der Waals surface area contributed by atoms with Gasteiger partial charge in [-0.15, -0.1) is 0 Å². The number of piperidine rings is 1. The number of nitrogens with zero attached hydrogens (tertiary/aromatic N) is 1. The topological polar surface area (TPSA) is 12.5 Å². The molecular weight excluding hydrogens is 361 g/mol. The zero-order valence-corrected chi connectivity index (χ0v) is 17.7. The molecule has 3 heteroatoms. The third-order valence-corrected chi connectivity index (χ3v) is 6.73. The Morgan fingerprint density at radius 1 is 1.03 bits per heavy atom. The highest BCUT2D eigenvalue weighted by molar-refractivity contribution is 5.37. The van der Waals surface area contributed by atoms with Crippen LogP contribution in [-0.4, -0.2) is 31.1 Å². The molecule has 1 aliphatic heterocycles. The van der Waals surface area contributed by atoms with Gasteiger partial charge in [0.05, 0.1) is 6.61 Å². The first-order valence-corrected chi connectivity index (χ1v) is 11.5. The molecule has 0 bridgehead atoms. The van der Waals surface area contributed by atoms with Crippen molar-refractivity contribution in [3.8, 4) is 5.75 Å². The van der Waals surface area contributed by atoms with E-state index >= 15 is 0 Å². The van der Waals surface area contributed by atoms with E-state index in [1.54, 1.807) is 12.1 Å². The highest BCUT2D eigenvalue weighted by Crippen LogP contribution is 2.34. The number of hydrogen-bond donors (Lipinski definition) is 0. The Kier molecular flexibility index (Phi) is 6.86. The van der Waals surface area contributed by atoms with E-state index in [4.69, 9.17) is 4.74 Å². The number of hydrogen-bond acceptors (Lipinski definition) is 2. The van der Waals surface area contributed by atoms with E-state index in [0.717, 1.165) is 31.9 Å². The number of rotatable bonds is 7. The predicted molar refractivity (Wildman–Crippen MR) is 117 cm³/mol. The average Bonchev–Trinajstić information content (AvgIpc) is 2.77. The lowest BCUT2D eigenvalue weighted by atomic mass is 9.80. The second-order valence-electron chi connectivity index (χ2n) is 8.81. The summed E-state index contributed by atoms with van der Waals surface area (Å²) in [6.45, 7) is 6.33. The maximum absolute atomic E-state index is 13.4. The molecule has 1 saturated heterocycles. The summed E-state index contributed by atoms with van der Waals surface area (Å²) in [7, 11) is 0. The summed E-state index contributed by atoms with van der Waals surface area (Å²) in [6.07, 6.45) is 8.58. The van der Waals surface area contributed by atoms with E-state index in [1.807, 2.05) is 12.1 Å². The zero-order chi connectivity index (χ0) is 20.1. The van der Waals surface area contributed by atoms with Crippen molar-refractivity contribution in [2.75, 3.05) is 26.2 Å². The monoisotopic (exact) mass is 395 g/mol. The second-order valence-corrected chi connectivity index (χ2v) is 8.81. The van der Waals surface area contributed by atoms with Gasteiger partial charge in [-0.1, -0.05) is 31.5 Å². The fourth-order valence-electron chi connectivity index (χ4n) is 5.01. The number of aryl methyl sites for hydroxylation is 2. The van der Waals surface area contributed by atoms with Crippen LogP contribution < -0.4 is 4.74 Å². The highest BCUT2D eigenvalue weighted by Gasteiger charge is 2.30. The normalized spacial score (nSPS) is 22.3. The Bertz CT molecular complexity index is 788. The molecule has 0 N–H and O–H groups in total. The largest absolute Gasteiger partial charge is 0.493 e. The molecule has 156 valence electrons. The fraction of sp³-hybridized carbons (Fsp3) is 0.538. The Balaban J connectivity index is 1.46. The molecule has 0 radical (unpaired) electrons. The average molecular weight is 396 g/mol. The minimum absolute atomic E-state index is 0.156. The van der Waals surface area contributed by atoms with Crippen LogP contribution in [-0.2, 0) is 12.8 Å². The van der Waals surface area contributed by atoms with Gasteiger partial charge in [0.2, 0.25) is 0 Å². The first kappa shape index (κ1) is 20.4. The van der Waals surface area contributed by atoms with E-state index < -0.39 is 0 Å². The fourth-order valence-corrected chi connectivity index (χ4v) is 5.01. The van der Waals surface area contributed by atoms with Crippen molar-refractivity contribution in [2.45, 2.75) is 57.8 Å². The van der Waals surface area contributed by atoms with Crippen LogP contribution in [0.25, 0.3) is 0 Å². The summed E-state index contributed by atoms with van der Waals surface area (Å²) < 4.78 is 19.8. The van der Waals surface area contributed by atoms with Crippen molar-refractivity contribution in [3.05, 3.63) is 65.0 Å². The number of ether oxygens (including phenoxy) is 1. The van der Waals surface area contributed by atoms with Crippen LogP contribution in [0.2, 0.25) is 0 Å². The maximum atomic E-state index is 13.4. The molecule has 2 aromatic rings. The van der Waals surface area contributed by atoms with Gasteiger partial charge < -0.3 is 9.64 Å². The molecule has 4 rings (SSSR count). The smallest absolute Gasteiger partial charge is 0.123 e. The number of fused-ring (bicyclic) bond motifs is 1. The molecule has 1 aliphatic carbocycles. The van der Waals surface area contributed by atoms with Gasteiger partial charge in [-0.2, -0.15) is 0 Å². The van der Waals surface area contributed by atoms with Crippen molar-refractivity contribution in [1.29, 1.82) is 0 Å². The summed E-state index contributed by atoms with van der Waals surface area (Å²) in [6, 6.07) is 13.8. The van der Waals surface area contributed by atoms with Crippen molar-refractivity contribution in [1.82, 2.24) is 4.90 Å². The lowest BCUT2D eigenvalue weighted by molar-refractivity contribution is 0.110. The first-order chi connectivity index (χ1) is 14.2. The first-order valence-electron chi connectivity index (χ1n) is 11.5. The molecule has 2 aliphatic rings. The molecule has 0 spiro atoms. The van der Waals surface area contributed by atoms with Crippen molar-refractivity contribution in [3.63, 3.8) is 0 Å². The number of benzene rings is 2. The van der Waals surface area contributed by atoms with Crippen molar-refractivity contribution in [2.24, 2.45) is 5.92 Å². The van der Waals surface area contributed by atoms with Crippen LogP contribution in [0.15, 0.2) is 42.5 Å². The van der Waals surface area contributed by atoms with Gasteiger partial charge in [0.1, 0.15) is 11.6 Å². The van der Waals surface area contributed by atoms with Gasteiger partial charge in [0.15, 0.2) is 0 Å². The highest BCUT2D eigenvalue weighted by atomic mass is 19.1. The van der Waals surface area contributed by atoms with Crippen LogP contribution in [0, 0.1) is 11.7 Å². The minimum Gasteiger partial charge on any atom is -0.493 e. The SMILES string of the molecule is CCCCN1CCC(c2ccc(F)cc2)C(COc2ccc3c(c2)CCCC3)C1. The molecule has 2 atom stereocenters. The van der Waals surface area contributed by atoms with E-state index in [2.05, 4.69) is 30.0 Å². The molecule has 2 unspecified atom stereocenters. The molecule has 2 aromatic carbocycles. The third kappa shape index (κ3) is 5.19. The van der Waals surface area contributed by atoms with Crippen molar-refractivity contribution < 1.29 is 9.13 Å². The third-order valence-electron chi connectivity index (χ3n) is 6.73. The van der Waals surface area contributed by atoms with E-state index in [-0.39, 0.29) is 5.82 Å². The van der Waals surface area contributed by atoms with Crippen molar-refractivity contribution >= 4 is 0 Å². The predicted octanol–water partition coefficient (Wildman–Crippen LogP) is 5.99. The van der Waals surface area contributed by atoms with Gasteiger partial charge in [-0.3, -0.25) is 0 Å². The minimum atomic E-state index is -0.156. The molecule has 2 nitrogen and oxygen atoms in total. The number of halogens is 1. The van der Waals surface area contributed by atoms with Crippen LogP contribution >= 0.6 is 0 Å². The van der Waals surface area contributed by atoms with Gasteiger partial charge in [0.25, 0.3) is 0 Å². The lowest BCUT2D eigenvalue weighted by Gasteiger charge is -2.39. The maximum Gasteiger partial charge on any atom is 0.123 e. The Labute approximate surface area is 175 Å². The molecule has 0 aromatic heterocycles. The standard InChI is InChI=1S/C26H34FNO/c1-2-3-15-28-16-14-26(21-8-11-24(27)12-9-21)23(18-28)19-29-25-13-10-20-6-4-5-7-22(20)17-25/h8-13,17,23,26H,2-7,14-16,18-19H2,1H3. The number of likely N-dealkylation sites (tertiary alicyclic amines) is 1. The van der Waals surface area contributed by atoms with Crippen LogP contribution in [0.3, 0.4) is 0 Å².